The van der Waals surface area contributed by atoms with Gasteiger partial charge in [-0.25, -0.2) is 0 Å². The second-order valence-electron chi connectivity index (χ2n) is 9.18. The Balaban J connectivity index is 1.45. The minimum Gasteiger partial charge on any atom is -0.485 e. The largest absolute Gasteiger partial charge is 0.485 e. The number of carbonyl (C=O) groups is 1. The summed E-state index contributed by atoms with van der Waals surface area (Å²) in [6.45, 7) is 13.0. The summed E-state index contributed by atoms with van der Waals surface area (Å²) in [6.07, 6.45) is 1.37. The van der Waals surface area contributed by atoms with E-state index in [1.54, 1.807) is 6.08 Å². The molecule has 1 aliphatic rings. The molecule has 34 heavy (non-hydrogen) atoms. The summed E-state index contributed by atoms with van der Waals surface area (Å²) in [5.74, 6) is 1.92. The highest BCUT2D eigenvalue weighted by Gasteiger charge is 2.29. The zero-order valence-electron chi connectivity index (χ0n) is 19.9. The summed E-state index contributed by atoms with van der Waals surface area (Å²) in [7, 11) is 0. The molecule has 1 amide bonds. The van der Waals surface area contributed by atoms with Crippen LogP contribution in [0.3, 0.4) is 0 Å². The van der Waals surface area contributed by atoms with Crippen LogP contribution in [0.25, 0.3) is 0 Å². The first-order valence-corrected chi connectivity index (χ1v) is 12.1. The number of rotatable bonds is 7. The second kappa shape index (κ2) is 9.93. The molecule has 0 spiro atoms. The third kappa shape index (κ3) is 5.28. The number of ether oxygens (including phenoxy) is 2. The Morgan fingerprint density at radius 1 is 1.21 bits per heavy atom. The summed E-state index contributed by atoms with van der Waals surface area (Å²) < 4.78 is 13.9. The van der Waals surface area contributed by atoms with Gasteiger partial charge < -0.3 is 14.8 Å². The number of nitrogens with one attached hydrogen (secondary N) is 1. The van der Waals surface area contributed by atoms with Gasteiger partial charge in [0.1, 0.15) is 6.61 Å². The highest BCUT2D eigenvalue weighted by Crippen LogP contribution is 2.36. The maximum atomic E-state index is 12.9. The number of aromatic nitrogens is 3. The maximum absolute atomic E-state index is 12.9. The van der Waals surface area contributed by atoms with Crippen LogP contribution in [0.5, 0.6) is 11.5 Å². The standard InChI is InChI=1S/C26H30N4O3S/c1-6-15-30-23(22-16-32-20-9-7-8-10-21(20)33-22)28-29-25(30)34-17(2)24(31)27-19-13-11-18(12-14-19)26(3,4)5/h6-14,17,22H,1,15-16H2,2-5H3,(H,27,31). The number of anilines is 1. The fourth-order valence-electron chi connectivity index (χ4n) is 3.58. The van der Waals surface area contributed by atoms with Crippen molar-refractivity contribution in [2.75, 3.05) is 11.9 Å². The molecule has 0 bridgehead atoms. The van der Waals surface area contributed by atoms with Crippen LogP contribution in [0.1, 0.15) is 45.2 Å². The Hall–Kier alpha value is -3.26. The molecule has 2 heterocycles. The fourth-order valence-corrected chi connectivity index (χ4v) is 4.45. The summed E-state index contributed by atoms with van der Waals surface area (Å²) in [4.78, 5) is 12.9. The monoisotopic (exact) mass is 478 g/mol. The molecule has 0 fully saturated rings. The van der Waals surface area contributed by atoms with Crippen LogP contribution < -0.4 is 14.8 Å². The normalized spacial score (nSPS) is 16.1. The van der Waals surface area contributed by atoms with Crippen LogP contribution in [0, 0.1) is 0 Å². The number of thioether (sulfide) groups is 1. The number of fused-ring (bicyclic) bond motifs is 1. The minimum absolute atomic E-state index is 0.0633. The summed E-state index contributed by atoms with van der Waals surface area (Å²) in [6, 6.07) is 15.5. The predicted octanol–water partition coefficient (Wildman–Crippen LogP) is 5.39. The van der Waals surface area contributed by atoms with E-state index in [0.717, 1.165) is 5.69 Å². The Kier molecular flexibility index (Phi) is 6.97. The molecule has 8 heteroatoms. The van der Waals surface area contributed by atoms with Crippen LogP contribution in [-0.2, 0) is 16.8 Å². The van der Waals surface area contributed by atoms with E-state index in [9.17, 15) is 4.79 Å². The number of hydrogen-bond donors (Lipinski definition) is 1. The molecule has 0 radical (unpaired) electrons. The van der Waals surface area contributed by atoms with Gasteiger partial charge in [0.05, 0.1) is 5.25 Å². The van der Waals surface area contributed by atoms with Gasteiger partial charge in [-0.15, -0.1) is 16.8 Å². The lowest BCUT2D eigenvalue weighted by atomic mass is 9.87. The van der Waals surface area contributed by atoms with Gasteiger partial charge in [-0.3, -0.25) is 9.36 Å². The van der Waals surface area contributed by atoms with Gasteiger partial charge in [0.15, 0.2) is 28.6 Å². The van der Waals surface area contributed by atoms with Crippen molar-refractivity contribution in [3.63, 3.8) is 0 Å². The molecule has 0 aliphatic carbocycles. The molecular formula is C26H30N4O3S. The van der Waals surface area contributed by atoms with Crippen molar-refractivity contribution in [1.82, 2.24) is 14.8 Å². The lowest BCUT2D eigenvalue weighted by Crippen LogP contribution is -2.25. The number of allylic oxidation sites excluding steroid dienone is 1. The number of amides is 1. The first-order chi connectivity index (χ1) is 16.3. The topological polar surface area (TPSA) is 78.3 Å². The number of carbonyl (C=O) groups excluding carboxylic acids is 1. The van der Waals surface area contributed by atoms with Gasteiger partial charge in [0, 0.05) is 12.2 Å². The minimum atomic E-state index is -0.401. The van der Waals surface area contributed by atoms with Crippen LogP contribution in [0.4, 0.5) is 5.69 Å². The van der Waals surface area contributed by atoms with Crippen molar-refractivity contribution in [2.24, 2.45) is 0 Å². The van der Waals surface area contributed by atoms with Gasteiger partial charge in [0.2, 0.25) is 5.91 Å². The SMILES string of the molecule is C=CCn1c(SC(C)C(=O)Nc2ccc(C(C)(C)C)cc2)nnc1C1COc2ccccc2O1. The molecule has 1 N–H and O–H groups in total. The quantitative estimate of drug-likeness (QED) is 0.362. The molecule has 2 aromatic carbocycles. The molecule has 1 aliphatic heterocycles. The lowest BCUT2D eigenvalue weighted by molar-refractivity contribution is -0.115. The van der Waals surface area contributed by atoms with Crippen molar-refractivity contribution >= 4 is 23.4 Å². The van der Waals surface area contributed by atoms with E-state index in [2.05, 4.69) is 42.9 Å². The molecule has 4 rings (SSSR count). The molecular weight excluding hydrogens is 448 g/mol. The van der Waals surface area contributed by atoms with Crippen molar-refractivity contribution in [3.8, 4) is 11.5 Å². The maximum Gasteiger partial charge on any atom is 0.237 e. The van der Waals surface area contributed by atoms with Crippen LogP contribution in [0.2, 0.25) is 0 Å². The van der Waals surface area contributed by atoms with Gasteiger partial charge in [-0.1, -0.05) is 62.9 Å². The molecule has 0 saturated heterocycles. The summed E-state index contributed by atoms with van der Waals surface area (Å²) >= 11 is 1.35. The highest BCUT2D eigenvalue weighted by molar-refractivity contribution is 8.00. The van der Waals surface area contributed by atoms with Crippen LogP contribution in [0.15, 0.2) is 66.3 Å². The average Bonchev–Trinajstić information content (AvgIpc) is 3.20. The van der Waals surface area contributed by atoms with E-state index in [1.807, 2.05) is 60.0 Å². The predicted molar refractivity (Wildman–Crippen MR) is 135 cm³/mol. The number of nitrogens with zero attached hydrogens (tertiary/aromatic N) is 3. The number of benzene rings is 2. The molecule has 0 saturated carbocycles. The lowest BCUT2D eigenvalue weighted by Gasteiger charge is -2.26. The second-order valence-corrected chi connectivity index (χ2v) is 10.5. The van der Waals surface area contributed by atoms with Gasteiger partial charge >= 0.3 is 0 Å². The van der Waals surface area contributed by atoms with Crippen LogP contribution in [-0.4, -0.2) is 32.5 Å². The van der Waals surface area contributed by atoms with E-state index in [-0.39, 0.29) is 16.6 Å². The van der Waals surface area contributed by atoms with E-state index in [1.165, 1.54) is 17.3 Å². The van der Waals surface area contributed by atoms with Crippen molar-refractivity contribution in [1.29, 1.82) is 0 Å². The summed E-state index contributed by atoms with van der Waals surface area (Å²) in [5.41, 5.74) is 2.05. The molecule has 3 aromatic rings. The van der Waals surface area contributed by atoms with Gasteiger partial charge in [-0.2, -0.15) is 0 Å². The fraction of sp³-hybridized carbons (Fsp3) is 0.346. The van der Waals surface area contributed by atoms with Crippen molar-refractivity contribution in [3.05, 3.63) is 72.6 Å². The highest BCUT2D eigenvalue weighted by atomic mass is 32.2. The van der Waals surface area contributed by atoms with Crippen molar-refractivity contribution in [2.45, 2.75) is 56.2 Å². The first kappa shape index (κ1) is 23.9. The Morgan fingerprint density at radius 3 is 2.59 bits per heavy atom. The zero-order valence-corrected chi connectivity index (χ0v) is 20.8. The van der Waals surface area contributed by atoms with E-state index >= 15 is 0 Å². The summed E-state index contributed by atoms with van der Waals surface area (Å²) in [5, 5.41) is 12.0. The van der Waals surface area contributed by atoms with E-state index in [0.29, 0.717) is 35.6 Å². The Labute approximate surface area is 204 Å². The average molecular weight is 479 g/mol. The molecule has 1 aromatic heterocycles. The zero-order chi connectivity index (χ0) is 24.3. The van der Waals surface area contributed by atoms with Crippen LogP contribution >= 0.6 is 11.8 Å². The molecule has 178 valence electrons. The van der Waals surface area contributed by atoms with E-state index in [4.69, 9.17) is 9.47 Å². The smallest absolute Gasteiger partial charge is 0.237 e. The first-order valence-electron chi connectivity index (χ1n) is 11.3. The molecule has 7 nitrogen and oxygen atoms in total. The third-order valence-corrected chi connectivity index (χ3v) is 6.60. The van der Waals surface area contributed by atoms with Gasteiger partial charge in [0.25, 0.3) is 0 Å². The Morgan fingerprint density at radius 2 is 1.91 bits per heavy atom. The third-order valence-electron chi connectivity index (χ3n) is 5.52. The number of para-hydroxylation sites is 2. The molecule has 2 unspecified atom stereocenters. The van der Waals surface area contributed by atoms with Crippen molar-refractivity contribution < 1.29 is 14.3 Å². The van der Waals surface area contributed by atoms with E-state index < -0.39 is 6.10 Å². The number of hydrogen-bond acceptors (Lipinski definition) is 6. The molecule has 2 atom stereocenters. The Bertz CT molecular complexity index is 1170. The van der Waals surface area contributed by atoms with Gasteiger partial charge in [-0.05, 0) is 42.2 Å².